The van der Waals surface area contributed by atoms with Crippen LogP contribution in [0.4, 0.5) is 0 Å². The molecule has 4 nitrogen and oxygen atoms in total. The summed E-state index contributed by atoms with van der Waals surface area (Å²) < 4.78 is 0. The van der Waals surface area contributed by atoms with E-state index < -0.39 is 12.2 Å². The number of hydrogen-bond donors (Lipinski definition) is 3. The molecule has 0 heterocycles. The van der Waals surface area contributed by atoms with Crippen LogP contribution in [0.2, 0.25) is 0 Å². The number of amides is 1. The van der Waals surface area contributed by atoms with Gasteiger partial charge in [0.2, 0.25) is 5.91 Å². The van der Waals surface area contributed by atoms with Crippen LogP contribution in [0.5, 0.6) is 0 Å². The molecule has 0 aromatic heterocycles. The molecule has 0 aliphatic rings. The van der Waals surface area contributed by atoms with E-state index in [4.69, 9.17) is 0 Å². The second kappa shape index (κ2) is 6.74. The summed E-state index contributed by atoms with van der Waals surface area (Å²) in [6, 6.07) is 7.31. The molecule has 17 heavy (non-hydrogen) atoms. The maximum absolute atomic E-state index is 10.7. The fourth-order valence-electron chi connectivity index (χ4n) is 1.51. The maximum atomic E-state index is 10.7. The van der Waals surface area contributed by atoms with Gasteiger partial charge < -0.3 is 15.5 Å². The summed E-state index contributed by atoms with van der Waals surface area (Å²) in [5, 5.41) is 22.8. The number of benzene rings is 1. The van der Waals surface area contributed by atoms with Crippen LogP contribution in [-0.4, -0.2) is 28.8 Å². The third-order valence-corrected chi connectivity index (χ3v) is 3.05. The number of nitrogens with one attached hydrogen (secondary N) is 1. The normalized spacial score (nSPS) is 14.1. The summed E-state index contributed by atoms with van der Waals surface area (Å²) in [4.78, 5) is 10.7. The van der Waals surface area contributed by atoms with Crippen molar-refractivity contribution in [3.63, 3.8) is 0 Å². The molecule has 1 rings (SSSR count). The highest BCUT2D eigenvalue weighted by Gasteiger charge is 2.20. The van der Waals surface area contributed by atoms with E-state index in [-0.39, 0.29) is 12.5 Å². The molecule has 2 unspecified atom stereocenters. The molecular weight excluding hydrogens is 286 g/mol. The Kier molecular flexibility index (Phi) is 5.61. The Balaban J connectivity index is 2.73. The van der Waals surface area contributed by atoms with Crippen molar-refractivity contribution in [2.24, 2.45) is 0 Å². The molecule has 0 aliphatic carbocycles. The van der Waals surface area contributed by atoms with Crippen molar-refractivity contribution in [2.75, 3.05) is 6.54 Å². The molecule has 3 N–H and O–H groups in total. The molecule has 0 fully saturated rings. The molecule has 0 saturated carbocycles. The van der Waals surface area contributed by atoms with Crippen LogP contribution in [0.25, 0.3) is 0 Å². The first-order chi connectivity index (χ1) is 8.06. The zero-order valence-corrected chi connectivity index (χ0v) is 11.1. The van der Waals surface area contributed by atoms with Crippen molar-refractivity contribution in [2.45, 2.75) is 24.5 Å². The Labute approximate surface area is 109 Å². The van der Waals surface area contributed by atoms with Gasteiger partial charge >= 0.3 is 0 Å². The number of halogens is 1. The van der Waals surface area contributed by atoms with Crippen molar-refractivity contribution in [3.05, 3.63) is 35.4 Å². The van der Waals surface area contributed by atoms with E-state index in [9.17, 15) is 15.0 Å². The van der Waals surface area contributed by atoms with E-state index in [1.807, 2.05) is 12.1 Å². The summed E-state index contributed by atoms with van der Waals surface area (Å²) in [5.41, 5.74) is 1.59. The fourth-order valence-corrected chi connectivity index (χ4v) is 2.02. The lowest BCUT2D eigenvalue weighted by Crippen LogP contribution is -2.34. The quantitative estimate of drug-likeness (QED) is 0.714. The van der Waals surface area contributed by atoms with E-state index in [1.165, 1.54) is 6.92 Å². The Bertz CT molecular complexity index is 384. The van der Waals surface area contributed by atoms with Crippen molar-refractivity contribution < 1.29 is 15.0 Å². The number of alkyl halides is 1. The maximum Gasteiger partial charge on any atom is 0.216 e. The average molecular weight is 302 g/mol. The lowest BCUT2D eigenvalue weighted by Gasteiger charge is -2.20. The van der Waals surface area contributed by atoms with Gasteiger partial charge in [0.05, 0.1) is 0 Å². The first-order valence-corrected chi connectivity index (χ1v) is 6.42. The zero-order valence-electron chi connectivity index (χ0n) is 9.56. The SMILES string of the molecule is CC(=O)NCC(O)C(O)c1ccccc1CBr. The molecule has 1 aromatic rings. The molecule has 94 valence electrons. The molecule has 1 amide bonds. The highest BCUT2D eigenvalue weighted by molar-refractivity contribution is 9.08. The molecule has 5 heteroatoms. The Hall–Kier alpha value is -0.910. The van der Waals surface area contributed by atoms with Crippen molar-refractivity contribution in [1.82, 2.24) is 5.32 Å². The third kappa shape index (κ3) is 4.11. The summed E-state index contributed by atoms with van der Waals surface area (Å²) in [6.45, 7) is 1.40. The molecule has 0 spiro atoms. The van der Waals surface area contributed by atoms with Crippen molar-refractivity contribution in [1.29, 1.82) is 0 Å². The smallest absolute Gasteiger partial charge is 0.216 e. The average Bonchev–Trinajstić information content (AvgIpc) is 2.34. The van der Waals surface area contributed by atoms with Crippen LogP contribution < -0.4 is 5.32 Å². The highest BCUT2D eigenvalue weighted by atomic mass is 79.9. The number of carbonyl (C=O) groups is 1. The second-order valence-corrected chi connectivity index (χ2v) is 4.34. The fraction of sp³-hybridized carbons (Fsp3) is 0.417. The van der Waals surface area contributed by atoms with Gasteiger partial charge in [0.15, 0.2) is 0 Å². The topological polar surface area (TPSA) is 69.6 Å². The van der Waals surface area contributed by atoms with Gasteiger partial charge in [0.1, 0.15) is 12.2 Å². The standard InChI is InChI=1S/C12H16BrNO3/c1-8(15)14-7-11(16)12(17)10-5-3-2-4-9(10)6-13/h2-5,11-12,16-17H,6-7H2,1H3,(H,14,15). The van der Waals surface area contributed by atoms with Crippen LogP contribution >= 0.6 is 15.9 Å². The Morgan fingerprint density at radius 2 is 2.06 bits per heavy atom. The Morgan fingerprint density at radius 1 is 1.41 bits per heavy atom. The van der Waals surface area contributed by atoms with Crippen LogP contribution in [0.3, 0.4) is 0 Å². The molecule has 0 bridgehead atoms. The van der Waals surface area contributed by atoms with Gasteiger partial charge in [-0.2, -0.15) is 0 Å². The van der Waals surface area contributed by atoms with E-state index in [0.29, 0.717) is 10.9 Å². The number of carbonyl (C=O) groups excluding carboxylic acids is 1. The van der Waals surface area contributed by atoms with Crippen LogP contribution in [0.1, 0.15) is 24.2 Å². The molecular formula is C12H16BrNO3. The second-order valence-electron chi connectivity index (χ2n) is 3.78. The Morgan fingerprint density at radius 3 is 2.65 bits per heavy atom. The highest BCUT2D eigenvalue weighted by Crippen LogP contribution is 2.22. The minimum atomic E-state index is -1.01. The predicted octanol–water partition coefficient (Wildman–Crippen LogP) is 1.11. The zero-order chi connectivity index (χ0) is 12.8. The summed E-state index contributed by atoms with van der Waals surface area (Å²) >= 11 is 3.33. The van der Waals surface area contributed by atoms with Crippen LogP contribution in [0, 0.1) is 0 Å². The van der Waals surface area contributed by atoms with Crippen molar-refractivity contribution in [3.8, 4) is 0 Å². The first-order valence-electron chi connectivity index (χ1n) is 5.30. The van der Waals surface area contributed by atoms with Gasteiger partial charge in [-0.3, -0.25) is 4.79 Å². The summed E-state index contributed by atoms with van der Waals surface area (Å²) in [7, 11) is 0. The lowest BCUT2D eigenvalue weighted by molar-refractivity contribution is -0.119. The monoisotopic (exact) mass is 301 g/mol. The number of hydrogen-bond acceptors (Lipinski definition) is 3. The first kappa shape index (κ1) is 14.2. The third-order valence-electron chi connectivity index (χ3n) is 2.44. The van der Waals surface area contributed by atoms with Gasteiger partial charge in [-0.05, 0) is 11.1 Å². The summed E-state index contributed by atoms with van der Waals surface area (Å²) in [5.74, 6) is -0.231. The molecule has 1 aromatic carbocycles. The molecule has 2 atom stereocenters. The predicted molar refractivity (Wildman–Crippen MR) is 68.7 cm³/mol. The lowest BCUT2D eigenvalue weighted by atomic mass is 9.99. The van der Waals surface area contributed by atoms with E-state index in [0.717, 1.165) is 5.56 Å². The van der Waals surface area contributed by atoms with Crippen molar-refractivity contribution >= 4 is 21.8 Å². The van der Waals surface area contributed by atoms with Crippen LogP contribution in [0.15, 0.2) is 24.3 Å². The van der Waals surface area contributed by atoms with Crippen LogP contribution in [-0.2, 0) is 10.1 Å². The minimum absolute atomic E-state index is 0.0348. The largest absolute Gasteiger partial charge is 0.388 e. The van der Waals surface area contributed by atoms with Gasteiger partial charge in [0.25, 0.3) is 0 Å². The molecule has 0 saturated heterocycles. The molecule has 0 radical (unpaired) electrons. The van der Waals surface area contributed by atoms with E-state index in [1.54, 1.807) is 12.1 Å². The summed E-state index contributed by atoms with van der Waals surface area (Å²) in [6.07, 6.45) is -2.02. The number of rotatable bonds is 5. The van der Waals surface area contributed by atoms with Gasteiger partial charge in [0, 0.05) is 18.8 Å². The van der Waals surface area contributed by atoms with Gasteiger partial charge in [-0.15, -0.1) is 0 Å². The van der Waals surface area contributed by atoms with E-state index in [2.05, 4.69) is 21.2 Å². The van der Waals surface area contributed by atoms with Gasteiger partial charge in [-0.25, -0.2) is 0 Å². The van der Waals surface area contributed by atoms with E-state index >= 15 is 0 Å². The molecule has 0 aliphatic heterocycles. The number of aliphatic hydroxyl groups is 2. The minimum Gasteiger partial charge on any atom is -0.388 e. The number of aliphatic hydroxyl groups excluding tert-OH is 2. The van der Waals surface area contributed by atoms with Gasteiger partial charge in [-0.1, -0.05) is 40.2 Å².